The highest BCUT2D eigenvalue weighted by Crippen LogP contribution is 2.32. The summed E-state index contributed by atoms with van der Waals surface area (Å²) in [5, 5.41) is 13.8. The minimum atomic E-state index is -4.43. The molecule has 0 aliphatic carbocycles. The lowest BCUT2D eigenvalue weighted by atomic mass is 9.87. The monoisotopic (exact) mass is 612 g/mol. The number of aliphatic carboxylic acids is 1. The van der Waals surface area contributed by atoms with Gasteiger partial charge in [0.1, 0.15) is 17.2 Å². The quantitative estimate of drug-likeness (QED) is 0.183. The van der Waals surface area contributed by atoms with Gasteiger partial charge in [0.2, 0.25) is 0 Å². The number of rotatable bonds is 8. The van der Waals surface area contributed by atoms with Gasteiger partial charge in [-0.2, -0.15) is 13.2 Å². The van der Waals surface area contributed by atoms with Gasteiger partial charge in [-0.05, 0) is 75.5 Å². The molecule has 1 amide bonds. The zero-order valence-corrected chi connectivity index (χ0v) is 24.9. The van der Waals surface area contributed by atoms with Gasteiger partial charge in [-0.15, -0.1) is 0 Å². The minimum Gasteiger partial charge on any atom is -0.481 e. The summed E-state index contributed by atoms with van der Waals surface area (Å²) in [5.41, 5.74) is 2.35. The van der Waals surface area contributed by atoms with Crippen LogP contribution in [0.25, 0.3) is 21.9 Å². The molecule has 1 unspecified atom stereocenters. The molecule has 45 heavy (non-hydrogen) atoms. The Bertz CT molecular complexity index is 1830. The zero-order valence-electron chi connectivity index (χ0n) is 24.9. The minimum absolute atomic E-state index is 0.0355. The van der Waals surface area contributed by atoms with Crippen molar-refractivity contribution < 1.29 is 32.6 Å². The van der Waals surface area contributed by atoms with Crippen molar-refractivity contribution in [3.05, 3.63) is 126 Å². The van der Waals surface area contributed by atoms with Gasteiger partial charge in [0.15, 0.2) is 0 Å². The van der Waals surface area contributed by atoms with E-state index in [-0.39, 0.29) is 17.5 Å². The summed E-state index contributed by atoms with van der Waals surface area (Å²) in [4.78, 5) is 29.1. The number of ether oxygens (including phenoxy) is 1. The number of hydrogen-bond donors (Lipinski definition) is 2. The van der Waals surface area contributed by atoms with E-state index in [1.54, 1.807) is 42.6 Å². The lowest BCUT2D eigenvalue weighted by Gasteiger charge is -2.19. The van der Waals surface area contributed by atoms with Crippen molar-refractivity contribution in [1.29, 1.82) is 0 Å². The molecule has 0 aliphatic heterocycles. The van der Waals surface area contributed by atoms with Crippen molar-refractivity contribution in [3.63, 3.8) is 0 Å². The molecule has 0 bridgehead atoms. The second kappa shape index (κ2) is 12.4. The van der Waals surface area contributed by atoms with Crippen LogP contribution in [0, 0.1) is 0 Å². The van der Waals surface area contributed by atoms with Crippen LogP contribution < -0.4 is 10.1 Å². The molecule has 2 N–H and O–H groups in total. The highest BCUT2D eigenvalue weighted by Gasteiger charge is 2.30. The maximum Gasteiger partial charge on any atom is 0.416 e. The number of alkyl halides is 3. The molecular formula is C36H31F3N2O4. The molecule has 1 atom stereocenters. The van der Waals surface area contributed by atoms with E-state index >= 15 is 0 Å². The van der Waals surface area contributed by atoms with Crippen LogP contribution in [0.15, 0.2) is 103 Å². The fourth-order valence-electron chi connectivity index (χ4n) is 4.89. The van der Waals surface area contributed by atoms with E-state index in [2.05, 4.69) is 31.1 Å². The molecule has 0 fully saturated rings. The number of hydrogen-bond acceptors (Lipinski definition) is 4. The van der Waals surface area contributed by atoms with Gasteiger partial charge in [-0.3, -0.25) is 14.6 Å². The average Bonchev–Trinajstić information content (AvgIpc) is 3.00. The fraction of sp³-hybridized carbons (Fsp3) is 0.194. The standard InChI is InChI=1S/C36H31F3N2O4/c1-35(2,3)27-13-16-29(17-14-27)45-30-15-10-25-19-32(40-21-26(25)18-30)34(44)41-31(20-33(42)43)24-6-4-22(5-7-24)23-8-11-28(12-9-23)36(37,38)39/h4-19,21,31H,20H2,1-3H3,(H,41,44)(H,42,43). The Labute approximate surface area is 258 Å². The van der Waals surface area contributed by atoms with Crippen molar-refractivity contribution in [3.8, 4) is 22.6 Å². The normalized spacial score (nSPS) is 12.5. The van der Waals surface area contributed by atoms with E-state index in [4.69, 9.17) is 4.74 Å². The van der Waals surface area contributed by atoms with E-state index < -0.39 is 29.7 Å². The zero-order chi connectivity index (χ0) is 32.4. The van der Waals surface area contributed by atoms with Gasteiger partial charge in [0.05, 0.1) is 18.0 Å². The number of nitrogens with zero attached hydrogens (tertiary/aromatic N) is 1. The molecular weight excluding hydrogens is 581 g/mol. The number of carboxylic acid groups (broad SMARTS) is 1. The number of carboxylic acids is 1. The molecule has 5 rings (SSSR count). The number of amides is 1. The summed E-state index contributed by atoms with van der Waals surface area (Å²) in [6, 6.07) is 25.5. The number of nitrogens with one attached hydrogen (secondary N) is 1. The van der Waals surface area contributed by atoms with Crippen LogP contribution in [0.2, 0.25) is 0 Å². The SMILES string of the molecule is CC(C)(C)c1ccc(Oc2ccc3cc(C(=O)NC(CC(=O)O)c4ccc(-c5ccc(C(F)(F)F)cc5)cc4)ncc3c2)cc1. The van der Waals surface area contributed by atoms with E-state index in [1.165, 1.54) is 17.7 Å². The molecule has 230 valence electrons. The fourth-order valence-corrected chi connectivity index (χ4v) is 4.89. The highest BCUT2D eigenvalue weighted by molar-refractivity contribution is 5.97. The molecule has 0 saturated carbocycles. The number of fused-ring (bicyclic) bond motifs is 1. The third kappa shape index (κ3) is 7.67. The van der Waals surface area contributed by atoms with Crippen LogP contribution in [-0.2, 0) is 16.4 Å². The summed E-state index contributed by atoms with van der Waals surface area (Å²) >= 11 is 0. The van der Waals surface area contributed by atoms with Crippen molar-refractivity contribution in [2.24, 2.45) is 0 Å². The molecule has 4 aromatic carbocycles. The largest absolute Gasteiger partial charge is 0.481 e. The molecule has 0 saturated heterocycles. The number of benzene rings is 4. The van der Waals surface area contributed by atoms with Gasteiger partial charge in [-0.1, -0.05) is 75.4 Å². The summed E-state index contributed by atoms with van der Waals surface area (Å²) in [6.07, 6.45) is -3.25. The highest BCUT2D eigenvalue weighted by atomic mass is 19.4. The second-order valence-corrected chi connectivity index (χ2v) is 11.8. The lowest BCUT2D eigenvalue weighted by Crippen LogP contribution is -2.30. The van der Waals surface area contributed by atoms with Crippen molar-refractivity contribution in [1.82, 2.24) is 10.3 Å². The van der Waals surface area contributed by atoms with Crippen LogP contribution in [0.1, 0.15) is 60.4 Å². The second-order valence-electron chi connectivity index (χ2n) is 11.8. The van der Waals surface area contributed by atoms with E-state index in [0.717, 1.165) is 22.9 Å². The number of aromatic nitrogens is 1. The first kappa shape index (κ1) is 31.3. The predicted molar refractivity (Wildman–Crippen MR) is 166 cm³/mol. The van der Waals surface area contributed by atoms with Crippen molar-refractivity contribution in [2.75, 3.05) is 0 Å². The first-order valence-electron chi connectivity index (χ1n) is 14.2. The smallest absolute Gasteiger partial charge is 0.416 e. The van der Waals surface area contributed by atoms with E-state index in [0.29, 0.717) is 28.2 Å². The first-order chi connectivity index (χ1) is 21.3. The Morgan fingerprint density at radius 1 is 0.778 bits per heavy atom. The summed E-state index contributed by atoms with van der Waals surface area (Å²) in [6.45, 7) is 6.44. The van der Waals surface area contributed by atoms with Gasteiger partial charge >= 0.3 is 12.1 Å². The van der Waals surface area contributed by atoms with Crippen molar-refractivity contribution in [2.45, 2.75) is 44.8 Å². The van der Waals surface area contributed by atoms with Crippen LogP contribution in [0.3, 0.4) is 0 Å². The molecule has 0 radical (unpaired) electrons. The molecule has 0 aliphatic rings. The Kier molecular flexibility index (Phi) is 8.64. The third-order valence-electron chi connectivity index (χ3n) is 7.42. The third-order valence-corrected chi connectivity index (χ3v) is 7.42. The maximum absolute atomic E-state index is 13.2. The van der Waals surface area contributed by atoms with E-state index in [1.807, 2.05) is 36.4 Å². The summed E-state index contributed by atoms with van der Waals surface area (Å²) in [5.74, 6) is -0.345. The van der Waals surface area contributed by atoms with Gasteiger partial charge in [-0.25, -0.2) is 0 Å². The molecule has 1 aromatic heterocycles. The Hall–Kier alpha value is -5.18. The molecule has 0 spiro atoms. The predicted octanol–water partition coefficient (Wildman–Crippen LogP) is 8.96. The van der Waals surface area contributed by atoms with E-state index in [9.17, 15) is 27.9 Å². The summed E-state index contributed by atoms with van der Waals surface area (Å²) in [7, 11) is 0. The molecule has 6 nitrogen and oxygen atoms in total. The van der Waals surface area contributed by atoms with Gasteiger partial charge in [0.25, 0.3) is 5.91 Å². The maximum atomic E-state index is 13.2. The topological polar surface area (TPSA) is 88.5 Å². The van der Waals surface area contributed by atoms with Crippen molar-refractivity contribution >= 4 is 22.6 Å². The Morgan fingerprint density at radius 2 is 1.36 bits per heavy atom. The van der Waals surface area contributed by atoms with Crippen LogP contribution >= 0.6 is 0 Å². The van der Waals surface area contributed by atoms with Crippen LogP contribution in [0.4, 0.5) is 13.2 Å². The number of halogens is 3. The van der Waals surface area contributed by atoms with Gasteiger partial charge in [0, 0.05) is 11.6 Å². The molecule has 1 heterocycles. The number of carbonyl (C=O) groups excluding carboxylic acids is 1. The number of carbonyl (C=O) groups is 2. The lowest BCUT2D eigenvalue weighted by molar-refractivity contribution is -0.138. The van der Waals surface area contributed by atoms with Gasteiger partial charge < -0.3 is 15.2 Å². The molecule has 9 heteroatoms. The average molecular weight is 613 g/mol. The van der Waals surface area contributed by atoms with Crippen LogP contribution in [0.5, 0.6) is 11.5 Å². The first-order valence-corrected chi connectivity index (χ1v) is 14.2. The Morgan fingerprint density at radius 3 is 1.93 bits per heavy atom. The number of pyridine rings is 1. The molecule has 5 aromatic rings. The Balaban J connectivity index is 1.29. The summed E-state index contributed by atoms with van der Waals surface area (Å²) < 4.78 is 44.7. The van der Waals surface area contributed by atoms with Crippen LogP contribution in [-0.4, -0.2) is 22.0 Å².